The lowest BCUT2D eigenvalue weighted by atomic mass is 10.1. The van der Waals surface area contributed by atoms with Gasteiger partial charge >= 0.3 is 5.97 Å². The third kappa shape index (κ3) is 5.24. The number of rotatable bonds is 5. The van der Waals surface area contributed by atoms with Crippen molar-refractivity contribution in [1.29, 1.82) is 0 Å². The van der Waals surface area contributed by atoms with Gasteiger partial charge in [0, 0.05) is 19.2 Å². The molecule has 2 aromatic rings. The van der Waals surface area contributed by atoms with Gasteiger partial charge < -0.3 is 14.4 Å². The SMILES string of the molecule is CC(C)(C)OC(=O)c1cc(F)c(N2CCCCC2)cc1OCc1ccccc1. The predicted molar refractivity (Wildman–Crippen MR) is 108 cm³/mol. The zero-order valence-electron chi connectivity index (χ0n) is 16.8. The van der Waals surface area contributed by atoms with Crippen LogP contribution in [0.1, 0.15) is 56.0 Å². The first-order valence-electron chi connectivity index (χ1n) is 9.82. The molecule has 1 aliphatic rings. The standard InChI is InChI=1S/C23H28FNO3/c1-23(2,3)28-22(26)18-14-19(24)20(25-12-8-5-9-13-25)15-21(18)27-16-17-10-6-4-7-11-17/h4,6-7,10-11,14-15H,5,8-9,12-13,16H2,1-3H3. The van der Waals surface area contributed by atoms with E-state index >= 15 is 0 Å². The molecule has 5 heteroatoms. The summed E-state index contributed by atoms with van der Waals surface area (Å²) in [7, 11) is 0. The highest BCUT2D eigenvalue weighted by Gasteiger charge is 2.25. The zero-order chi connectivity index (χ0) is 20.1. The Morgan fingerprint density at radius 3 is 2.39 bits per heavy atom. The van der Waals surface area contributed by atoms with Crippen LogP contribution >= 0.6 is 0 Å². The normalized spacial score (nSPS) is 14.6. The second kappa shape index (κ2) is 8.63. The van der Waals surface area contributed by atoms with Gasteiger partial charge in [-0.15, -0.1) is 0 Å². The summed E-state index contributed by atoms with van der Waals surface area (Å²) in [6, 6.07) is 12.6. The summed E-state index contributed by atoms with van der Waals surface area (Å²) in [6.45, 7) is 7.26. The second-order valence-electron chi connectivity index (χ2n) is 8.12. The first kappa shape index (κ1) is 20.2. The number of halogens is 1. The number of carbonyl (C=O) groups excluding carboxylic acids is 1. The number of hydrogen-bond donors (Lipinski definition) is 0. The van der Waals surface area contributed by atoms with E-state index in [4.69, 9.17) is 9.47 Å². The highest BCUT2D eigenvalue weighted by Crippen LogP contribution is 2.32. The third-order valence-corrected chi connectivity index (χ3v) is 4.60. The molecule has 2 aromatic carbocycles. The van der Waals surface area contributed by atoms with Gasteiger partial charge in [0.15, 0.2) is 0 Å². The first-order valence-corrected chi connectivity index (χ1v) is 9.82. The Morgan fingerprint density at radius 1 is 1.07 bits per heavy atom. The smallest absolute Gasteiger partial charge is 0.342 e. The van der Waals surface area contributed by atoms with Crippen molar-refractivity contribution in [1.82, 2.24) is 0 Å². The van der Waals surface area contributed by atoms with Crippen molar-refractivity contribution in [2.75, 3.05) is 18.0 Å². The van der Waals surface area contributed by atoms with Crippen molar-refractivity contribution in [3.05, 3.63) is 59.4 Å². The van der Waals surface area contributed by atoms with Gasteiger partial charge in [-0.05, 0) is 51.7 Å². The summed E-state index contributed by atoms with van der Waals surface area (Å²) >= 11 is 0. The van der Waals surface area contributed by atoms with Gasteiger partial charge in [-0.1, -0.05) is 30.3 Å². The van der Waals surface area contributed by atoms with Gasteiger partial charge in [0.2, 0.25) is 0 Å². The molecule has 0 aromatic heterocycles. The van der Waals surface area contributed by atoms with E-state index in [0.717, 1.165) is 37.9 Å². The van der Waals surface area contributed by atoms with Crippen molar-refractivity contribution in [2.24, 2.45) is 0 Å². The average Bonchev–Trinajstić information content (AvgIpc) is 2.67. The zero-order valence-corrected chi connectivity index (χ0v) is 16.8. The molecule has 0 radical (unpaired) electrons. The molecule has 0 bridgehead atoms. The lowest BCUT2D eigenvalue weighted by Gasteiger charge is -2.30. The fourth-order valence-corrected chi connectivity index (χ4v) is 3.27. The van der Waals surface area contributed by atoms with Crippen LogP contribution in [-0.4, -0.2) is 24.7 Å². The van der Waals surface area contributed by atoms with Crippen molar-refractivity contribution in [3.8, 4) is 5.75 Å². The summed E-state index contributed by atoms with van der Waals surface area (Å²) in [5.41, 5.74) is 0.899. The molecular formula is C23H28FNO3. The molecule has 28 heavy (non-hydrogen) atoms. The van der Waals surface area contributed by atoms with Gasteiger partial charge in [-0.25, -0.2) is 9.18 Å². The lowest BCUT2D eigenvalue weighted by Crippen LogP contribution is -2.30. The molecule has 0 aliphatic carbocycles. The fourth-order valence-electron chi connectivity index (χ4n) is 3.27. The Labute approximate surface area is 166 Å². The fraction of sp³-hybridized carbons (Fsp3) is 0.435. The van der Waals surface area contributed by atoms with Gasteiger partial charge in [-0.3, -0.25) is 0 Å². The lowest BCUT2D eigenvalue weighted by molar-refractivity contribution is 0.00649. The van der Waals surface area contributed by atoms with Crippen LogP contribution in [0.3, 0.4) is 0 Å². The van der Waals surface area contributed by atoms with Gasteiger partial charge in [0.25, 0.3) is 0 Å². The molecular weight excluding hydrogens is 357 g/mol. The quantitative estimate of drug-likeness (QED) is 0.651. The Hall–Kier alpha value is -2.56. The molecule has 0 spiro atoms. The molecule has 1 heterocycles. The molecule has 4 nitrogen and oxygen atoms in total. The van der Waals surface area contributed by atoms with Crippen LogP contribution in [0.5, 0.6) is 5.75 Å². The topological polar surface area (TPSA) is 38.8 Å². The molecule has 0 saturated carbocycles. The molecule has 0 N–H and O–H groups in total. The number of piperidine rings is 1. The number of nitrogens with zero attached hydrogens (tertiary/aromatic N) is 1. The monoisotopic (exact) mass is 385 g/mol. The Kier molecular flexibility index (Phi) is 6.22. The van der Waals surface area contributed by atoms with Crippen LogP contribution in [0.4, 0.5) is 10.1 Å². The van der Waals surface area contributed by atoms with E-state index in [1.54, 1.807) is 26.8 Å². The molecule has 3 rings (SSSR count). The summed E-state index contributed by atoms with van der Waals surface area (Å²) in [5.74, 6) is -0.658. The van der Waals surface area contributed by atoms with E-state index in [1.165, 1.54) is 6.07 Å². The predicted octanol–water partition coefficient (Wildman–Crippen LogP) is 5.35. The third-order valence-electron chi connectivity index (χ3n) is 4.60. The van der Waals surface area contributed by atoms with E-state index in [-0.39, 0.29) is 5.56 Å². The molecule has 1 aliphatic heterocycles. The second-order valence-corrected chi connectivity index (χ2v) is 8.12. The highest BCUT2D eigenvalue weighted by molar-refractivity contribution is 5.93. The van der Waals surface area contributed by atoms with E-state index in [9.17, 15) is 9.18 Å². The molecule has 1 fully saturated rings. The number of hydrogen-bond acceptors (Lipinski definition) is 4. The maximum atomic E-state index is 14.9. The van der Waals surface area contributed by atoms with Crippen molar-refractivity contribution in [2.45, 2.75) is 52.2 Å². The maximum absolute atomic E-state index is 14.9. The Morgan fingerprint density at radius 2 is 1.75 bits per heavy atom. The number of carbonyl (C=O) groups is 1. The molecule has 0 atom stereocenters. The highest BCUT2D eigenvalue weighted by atomic mass is 19.1. The largest absolute Gasteiger partial charge is 0.488 e. The van der Waals surface area contributed by atoms with Gasteiger partial charge in [0.05, 0.1) is 5.69 Å². The minimum Gasteiger partial charge on any atom is -0.488 e. The van der Waals surface area contributed by atoms with Gasteiger partial charge in [0.1, 0.15) is 29.3 Å². The average molecular weight is 385 g/mol. The summed E-state index contributed by atoms with van der Waals surface area (Å²) in [6.07, 6.45) is 3.23. The van der Waals surface area contributed by atoms with Crippen LogP contribution < -0.4 is 9.64 Å². The number of benzene rings is 2. The Balaban J connectivity index is 1.92. The van der Waals surface area contributed by atoms with E-state index < -0.39 is 17.4 Å². The summed E-state index contributed by atoms with van der Waals surface area (Å²) < 4.78 is 26.3. The molecule has 0 amide bonds. The van der Waals surface area contributed by atoms with Crippen molar-refractivity contribution >= 4 is 11.7 Å². The van der Waals surface area contributed by atoms with Crippen LogP contribution in [0.25, 0.3) is 0 Å². The van der Waals surface area contributed by atoms with Crippen molar-refractivity contribution < 1.29 is 18.7 Å². The molecule has 0 unspecified atom stereocenters. The number of anilines is 1. The van der Waals surface area contributed by atoms with Crippen LogP contribution in [0.15, 0.2) is 42.5 Å². The molecule has 1 saturated heterocycles. The first-order chi connectivity index (χ1) is 13.3. The summed E-state index contributed by atoms with van der Waals surface area (Å²) in [4.78, 5) is 14.7. The van der Waals surface area contributed by atoms with E-state index in [0.29, 0.717) is 18.0 Å². The van der Waals surface area contributed by atoms with E-state index in [1.807, 2.05) is 35.2 Å². The number of esters is 1. The maximum Gasteiger partial charge on any atom is 0.342 e. The van der Waals surface area contributed by atoms with Crippen LogP contribution in [0.2, 0.25) is 0 Å². The minimum atomic E-state index is -0.671. The van der Waals surface area contributed by atoms with Crippen molar-refractivity contribution in [3.63, 3.8) is 0 Å². The van der Waals surface area contributed by atoms with E-state index in [2.05, 4.69) is 0 Å². The Bertz CT molecular complexity index is 809. The summed E-state index contributed by atoms with van der Waals surface area (Å²) in [5, 5.41) is 0. The minimum absolute atomic E-state index is 0.115. The molecule has 150 valence electrons. The van der Waals surface area contributed by atoms with Crippen LogP contribution in [0, 0.1) is 5.82 Å². The van der Waals surface area contributed by atoms with Gasteiger partial charge in [-0.2, -0.15) is 0 Å². The number of ether oxygens (including phenoxy) is 2. The van der Waals surface area contributed by atoms with Crippen LogP contribution in [-0.2, 0) is 11.3 Å².